The van der Waals surface area contributed by atoms with Crippen molar-refractivity contribution in [1.29, 1.82) is 0 Å². The van der Waals surface area contributed by atoms with Crippen LogP contribution in [-0.2, 0) is 25.6 Å². The molecule has 14 nitrogen and oxygen atoms in total. The number of isocyanates is 2. The second kappa shape index (κ2) is 38.1. The highest BCUT2D eigenvalue weighted by atomic mass is 16.4. The van der Waals surface area contributed by atoms with E-state index in [1.807, 2.05) is 24.3 Å². The molecule has 0 saturated carbocycles. The fourth-order valence-corrected chi connectivity index (χ4v) is 3.07. The fraction of sp³-hybridized carbons (Fsp3) is 0.515. The molecule has 0 fully saturated rings. The van der Waals surface area contributed by atoms with E-state index >= 15 is 0 Å². The number of unbranched alkanes of at least 4 members (excludes halogenated alkanes) is 5. The monoisotopic (exact) mass is 666 g/mol. The molecule has 0 radical (unpaired) electrons. The van der Waals surface area contributed by atoms with Gasteiger partial charge in [-0.2, -0.15) is 9.98 Å². The molecule has 0 aromatic heterocycles. The maximum Gasteiger partial charge on any atom is 0.303 e. The fourth-order valence-electron chi connectivity index (χ4n) is 3.07. The van der Waals surface area contributed by atoms with Gasteiger partial charge in [0.2, 0.25) is 12.2 Å². The van der Waals surface area contributed by atoms with Crippen molar-refractivity contribution in [2.75, 3.05) is 39.6 Å². The molecule has 2 aromatic carbocycles. The van der Waals surface area contributed by atoms with E-state index in [1.54, 1.807) is 24.3 Å². The maximum atomic E-state index is 10.1. The first kappa shape index (κ1) is 47.3. The number of rotatable bonds is 18. The van der Waals surface area contributed by atoms with Gasteiger partial charge in [-0.1, -0.05) is 37.1 Å². The molecule has 2 aromatic rings. The zero-order chi connectivity index (χ0) is 36.0. The molecule has 8 N–H and O–H groups in total. The summed E-state index contributed by atoms with van der Waals surface area (Å²) in [6, 6.07) is 14.7. The lowest BCUT2D eigenvalue weighted by atomic mass is 10.0. The number of carboxylic acids is 2. The van der Waals surface area contributed by atoms with Crippen LogP contribution in [0.4, 0.5) is 11.4 Å². The van der Waals surface area contributed by atoms with Crippen molar-refractivity contribution in [3.63, 3.8) is 0 Å². The van der Waals surface area contributed by atoms with Crippen molar-refractivity contribution in [2.45, 2.75) is 70.6 Å². The molecule has 0 aliphatic heterocycles. The van der Waals surface area contributed by atoms with Gasteiger partial charge in [-0.25, -0.2) is 9.59 Å². The van der Waals surface area contributed by atoms with Gasteiger partial charge in [0.05, 0.1) is 24.6 Å². The van der Waals surface area contributed by atoms with Gasteiger partial charge in [-0.15, -0.1) is 0 Å². The summed E-state index contributed by atoms with van der Waals surface area (Å²) in [6.07, 6.45) is 10.1. The quantitative estimate of drug-likeness (QED) is 0.0648. The molecule has 0 atom stereocenters. The lowest BCUT2D eigenvalue weighted by Crippen LogP contribution is -1.97. The number of aliphatic hydroxyl groups excluding tert-OH is 6. The molecule has 2 rings (SSSR count). The Hall–Kier alpha value is -4.10. The predicted molar refractivity (Wildman–Crippen MR) is 175 cm³/mol. The Kier molecular flexibility index (Phi) is 38.3. The smallest absolute Gasteiger partial charge is 0.303 e. The number of hydrogen-bond acceptors (Lipinski definition) is 12. The lowest BCUT2D eigenvalue weighted by molar-refractivity contribution is -0.139. The Morgan fingerprint density at radius 3 is 1.00 bits per heavy atom. The third kappa shape index (κ3) is 38.0. The van der Waals surface area contributed by atoms with Crippen LogP contribution in [0, 0.1) is 0 Å². The molecule has 14 heteroatoms. The standard InChI is InChI=1S/C15H10N2O2.C6H10O4.C6H14O2.C4H10O2.C2H6O2/c18-10-16-14-5-1-12(2-6-14)9-13-3-7-15(8-4-13)17-11-19;7-5(8)3-1-2-4-6(9)10;7-5-3-1-2-4-6-8;5-3-1-2-4-6;3-1-2-4/h1-8H,9H2;1-4H2,(H,7,8)(H,9,10);7-8H,1-6H2;5-6H,1-4H2;3-4H,1-2H2. The first-order valence-electron chi connectivity index (χ1n) is 15.1. The van der Waals surface area contributed by atoms with Crippen LogP contribution in [-0.4, -0.2) is 105 Å². The van der Waals surface area contributed by atoms with Crippen LogP contribution in [0.1, 0.15) is 75.3 Å². The Balaban J connectivity index is -0.000000585. The number of carbonyl (C=O) groups excluding carboxylic acids is 2. The van der Waals surface area contributed by atoms with Crippen LogP contribution in [0.3, 0.4) is 0 Å². The van der Waals surface area contributed by atoms with Gasteiger partial charge < -0.3 is 40.9 Å². The normalized spacial score (nSPS) is 9.15. The zero-order valence-corrected chi connectivity index (χ0v) is 26.7. The van der Waals surface area contributed by atoms with E-state index in [-0.39, 0.29) is 52.5 Å². The summed E-state index contributed by atoms with van der Waals surface area (Å²) in [5.41, 5.74) is 3.40. The molecule has 0 aliphatic rings. The van der Waals surface area contributed by atoms with Crippen LogP contribution in [0.2, 0.25) is 0 Å². The molecule has 0 unspecified atom stereocenters. The molecule has 0 amide bonds. The van der Waals surface area contributed by atoms with E-state index in [0.29, 0.717) is 24.2 Å². The van der Waals surface area contributed by atoms with E-state index in [9.17, 15) is 19.2 Å². The van der Waals surface area contributed by atoms with Crippen LogP contribution in [0.25, 0.3) is 0 Å². The molecule has 47 heavy (non-hydrogen) atoms. The van der Waals surface area contributed by atoms with Crippen molar-refractivity contribution >= 4 is 35.5 Å². The van der Waals surface area contributed by atoms with Crippen molar-refractivity contribution in [1.82, 2.24) is 0 Å². The number of aliphatic imine (C=N–C) groups is 2. The third-order valence-corrected chi connectivity index (χ3v) is 5.39. The Morgan fingerprint density at radius 2 is 0.766 bits per heavy atom. The molecule has 0 heterocycles. The minimum atomic E-state index is -0.870. The number of carbonyl (C=O) groups is 2. The topological polar surface area (TPSA) is 255 Å². The molecule has 0 spiro atoms. The molecular formula is C33H50N2O12. The zero-order valence-electron chi connectivity index (χ0n) is 26.7. The van der Waals surface area contributed by atoms with Crippen molar-refractivity contribution in [3.8, 4) is 0 Å². The minimum absolute atomic E-state index is 0.0628. The number of carboxylic acid groups (broad SMARTS) is 2. The highest BCUT2D eigenvalue weighted by Gasteiger charge is 1.99. The van der Waals surface area contributed by atoms with Crippen molar-refractivity contribution in [2.24, 2.45) is 9.98 Å². The summed E-state index contributed by atoms with van der Waals surface area (Å²) in [5, 5.41) is 64.3. The van der Waals surface area contributed by atoms with Gasteiger partial charge in [0.25, 0.3) is 0 Å². The number of aliphatic carboxylic acids is 2. The highest BCUT2D eigenvalue weighted by molar-refractivity contribution is 5.68. The van der Waals surface area contributed by atoms with E-state index in [0.717, 1.165) is 56.1 Å². The third-order valence-electron chi connectivity index (χ3n) is 5.39. The summed E-state index contributed by atoms with van der Waals surface area (Å²) in [7, 11) is 0. The van der Waals surface area contributed by atoms with Crippen LogP contribution >= 0.6 is 0 Å². The molecule has 0 bridgehead atoms. The first-order valence-corrected chi connectivity index (χ1v) is 15.1. The lowest BCUT2D eigenvalue weighted by Gasteiger charge is -2.02. The number of hydrogen-bond donors (Lipinski definition) is 8. The Labute approximate surface area is 275 Å². The van der Waals surface area contributed by atoms with Gasteiger partial charge in [-0.3, -0.25) is 9.59 Å². The van der Waals surface area contributed by atoms with E-state index < -0.39 is 11.9 Å². The number of nitrogens with zero attached hydrogens (tertiary/aromatic N) is 2. The largest absolute Gasteiger partial charge is 0.481 e. The molecule has 0 saturated heterocycles. The number of benzene rings is 2. The van der Waals surface area contributed by atoms with Gasteiger partial charge in [-0.05, 0) is 80.3 Å². The highest BCUT2D eigenvalue weighted by Crippen LogP contribution is 2.17. The predicted octanol–water partition coefficient (Wildman–Crippen LogP) is 3.18. The second-order valence-corrected chi connectivity index (χ2v) is 9.37. The molecular weight excluding hydrogens is 616 g/mol. The van der Waals surface area contributed by atoms with E-state index in [2.05, 4.69) is 9.98 Å². The minimum Gasteiger partial charge on any atom is -0.481 e. The average molecular weight is 667 g/mol. The molecule has 264 valence electrons. The summed E-state index contributed by atoms with van der Waals surface area (Å²) in [4.78, 5) is 47.1. The second-order valence-electron chi connectivity index (χ2n) is 9.37. The average Bonchev–Trinajstić information content (AvgIpc) is 3.07. The Bertz CT molecular complexity index is 1010. The van der Waals surface area contributed by atoms with Crippen molar-refractivity contribution < 1.29 is 60.0 Å². The van der Waals surface area contributed by atoms with E-state index in [1.165, 1.54) is 12.2 Å². The maximum absolute atomic E-state index is 10.1. The summed E-state index contributed by atoms with van der Waals surface area (Å²) in [5.74, 6) is -1.74. The van der Waals surface area contributed by atoms with Crippen LogP contribution in [0.15, 0.2) is 58.5 Å². The van der Waals surface area contributed by atoms with Crippen LogP contribution < -0.4 is 0 Å². The van der Waals surface area contributed by atoms with Crippen molar-refractivity contribution in [3.05, 3.63) is 59.7 Å². The van der Waals surface area contributed by atoms with Crippen LogP contribution in [0.5, 0.6) is 0 Å². The van der Waals surface area contributed by atoms with Gasteiger partial charge in [0, 0.05) is 39.3 Å². The van der Waals surface area contributed by atoms with Gasteiger partial charge in [0.1, 0.15) is 0 Å². The summed E-state index contributed by atoms with van der Waals surface area (Å²) >= 11 is 0. The summed E-state index contributed by atoms with van der Waals surface area (Å²) < 4.78 is 0. The Morgan fingerprint density at radius 1 is 0.468 bits per heavy atom. The first-order chi connectivity index (χ1) is 22.7. The SMILES string of the molecule is O=C(O)CCCCC(=O)O.O=C=Nc1ccc(Cc2ccc(N=C=O)cc2)cc1.OCCCCCCO.OCCCCO.OCCO. The molecule has 0 aliphatic carbocycles. The summed E-state index contributed by atoms with van der Waals surface area (Å²) in [6.45, 7) is 0.706. The van der Waals surface area contributed by atoms with Gasteiger partial charge in [0.15, 0.2) is 0 Å². The van der Waals surface area contributed by atoms with Gasteiger partial charge >= 0.3 is 11.9 Å². The number of aliphatic hydroxyl groups is 6. The van der Waals surface area contributed by atoms with E-state index in [4.69, 9.17) is 40.9 Å².